The van der Waals surface area contributed by atoms with Crippen LogP contribution in [0.2, 0.25) is 0 Å². The maximum Gasteiger partial charge on any atom is 0.472 e. The fourth-order valence-electron chi connectivity index (χ4n) is 9.52. The van der Waals surface area contributed by atoms with E-state index in [0.29, 0.717) is 6.42 Å². The quantitative estimate of drug-likeness (QED) is 0.0264. The fourth-order valence-corrected chi connectivity index (χ4v) is 10.3. The van der Waals surface area contributed by atoms with Crippen LogP contribution in [0.5, 0.6) is 0 Å². The zero-order valence-corrected chi connectivity index (χ0v) is 56.6. The SMILES string of the molecule is CC/C=C\C/C=C\C/C=C\C/C=C\C/C=C\C/C=C\C/C=C\C/C=C\C/C=C\C/C=C\CCCCCCCCCCC(=O)OC(COC(=O)CCCCCCCCCCCCCCCCC/C=C\C/C=C\CCCCCCC)COP(=O)(O)OCCN. The van der Waals surface area contributed by atoms with E-state index in [0.717, 1.165) is 116 Å². The second kappa shape index (κ2) is 71.0. The number of ether oxygens (including phenoxy) is 2. The van der Waals surface area contributed by atoms with E-state index in [1.54, 1.807) is 0 Å². The largest absolute Gasteiger partial charge is 0.472 e. The van der Waals surface area contributed by atoms with Crippen LogP contribution in [-0.2, 0) is 32.7 Å². The second-order valence-corrected chi connectivity index (χ2v) is 24.5. The molecule has 87 heavy (non-hydrogen) atoms. The van der Waals surface area contributed by atoms with Gasteiger partial charge in [-0.25, -0.2) is 4.57 Å². The number of hydrogen-bond acceptors (Lipinski definition) is 8. The Balaban J connectivity index is 3.96. The van der Waals surface area contributed by atoms with Gasteiger partial charge in [-0.2, -0.15) is 0 Å². The highest BCUT2D eigenvalue weighted by atomic mass is 31.2. The van der Waals surface area contributed by atoms with Crippen LogP contribution >= 0.6 is 7.82 Å². The molecular weight excluding hydrogens is 1100 g/mol. The average Bonchev–Trinajstić information content (AvgIpc) is 3.64. The molecule has 0 rings (SSSR count). The van der Waals surface area contributed by atoms with E-state index < -0.39 is 26.5 Å². The number of allylic oxidation sites excluding steroid dienone is 24. The minimum Gasteiger partial charge on any atom is -0.462 e. The Morgan fingerprint density at radius 3 is 0.943 bits per heavy atom. The molecule has 0 aliphatic carbocycles. The molecular formula is C77H130NO8P. The summed E-state index contributed by atoms with van der Waals surface area (Å²) in [6.07, 6.45) is 102. The van der Waals surface area contributed by atoms with Crippen LogP contribution in [-0.4, -0.2) is 49.3 Å². The van der Waals surface area contributed by atoms with Crippen LogP contribution in [0.25, 0.3) is 0 Å². The standard InChI is InChI=1S/C77H130NO8P/c1-3-5-7-9-11-13-15-17-19-21-23-25-27-29-31-32-33-34-35-36-37-38-39-40-41-42-44-46-48-50-52-54-56-58-60-62-64-66-68-70-77(80)86-75(74-85-87(81,82)84-72-71-78)73-83-76(79)69-67-65-63-61-59-57-55-53-51-49-47-45-43-30-28-26-24-22-20-18-16-14-12-10-8-6-4-2/h5,7,11,13,16-19,22-25,29,31,33-34,36-37,39-40,42,44,48,50,75H,3-4,6,8-10,12,14-15,20-21,26-28,30,32,35,38,41,43,45-47,49,51-74,78H2,1-2H3,(H,81,82)/b7-5-,13-11-,18-16-,19-17-,24-22-,25-23-,31-29-,34-33-,37-36-,40-39-,44-42-,50-48-. The predicted octanol–water partition coefficient (Wildman–Crippen LogP) is 23.4. The number of unbranched alkanes of at least 4 members (excludes halogenated alkanes) is 28. The highest BCUT2D eigenvalue weighted by Gasteiger charge is 2.26. The molecule has 2 atom stereocenters. The van der Waals surface area contributed by atoms with Gasteiger partial charge in [0.1, 0.15) is 6.61 Å². The van der Waals surface area contributed by atoms with Crippen molar-refractivity contribution in [3.05, 3.63) is 146 Å². The zero-order valence-electron chi connectivity index (χ0n) is 55.7. The molecule has 0 saturated carbocycles. The molecule has 0 aliphatic rings. The lowest BCUT2D eigenvalue weighted by molar-refractivity contribution is -0.161. The summed E-state index contributed by atoms with van der Waals surface area (Å²) >= 11 is 0. The van der Waals surface area contributed by atoms with Crippen molar-refractivity contribution in [2.24, 2.45) is 5.73 Å². The number of phosphoric acid groups is 1. The Bertz CT molecular complexity index is 1940. The van der Waals surface area contributed by atoms with Gasteiger partial charge >= 0.3 is 19.8 Å². The van der Waals surface area contributed by atoms with E-state index in [9.17, 15) is 19.0 Å². The molecule has 496 valence electrons. The Hall–Kier alpha value is -4.11. The first-order valence-corrected chi connectivity index (χ1v) is 36.8. The fraction of sp³-hybridized carbons (Fsp3) is 0.662. The molecule has 0 amide bonds. The van der Waals surface area contributed by atoms with Gasteiger partial charge < -0.3 is 20.1 Å². The van der Waals surface area contributed by atoms with E-state index in [1.165, 1.54) is 148 Å². The van der Waals surface area contributed by atoms with Crippen LogP contribution in [0, 0.1) is 0 Å². The summed E-state index contributed by atoms with van der Waals surface area (Å²) in [7, 11) is -4.40. The molecule has 0 aromatic carbocycles. The van der Waals surface area contributed by atoms with Gasteiger partial charge in [0.15, 0.2) is 6.10 Å². The molecule has 10 heteroatoms. The smallest absolute Gasteiger partial charge is 0.462 e. The van der Waals surface area contributed by atoms with Crippen LogP contribution in [0.4, 0.5) is 0 Å². The molecule has 0 aromatic rings. The molecule has 0 heterocycles. The van der Waals surface area contributed by atoms with Gasteiger partial charge in [-0.15, -0.1) is 0 Å². The van der Waals surface area contributed by atoms with E-state index in [-0.39, 0.29) is 38.6 Å². The van der Waals surface area contributed by atoms with Crippen LogP contribution < -0.4 is 5.73 Å². The third-order valence-corrected chi connectivity index (χ3v) is 15.7. The van der Waals surface area contributed by atoms with Gasteiger partial charge in [0.2, 0.25) is 0 Å². The van der Waals surface area contributed by atoms with Gasteiger partial charge in [-0.05, 0) is 122 Å². The monoisotopic (exact) mass is 1230 g/mol. The summed E-state index contributed by atoms with van der Waals surface area (Å²) in [5, 5.41) is 0. The lowest BCUT2D eigenvalue weighted by atomic mass is 10.0. The highest BCUT2D eigenvalue weighted by molar-refractivity contribution is 7.47. The van der Waals surface area contributed by atoms with Crippen LogP contribution in [0.15, 0.2) is 146 Å². The molecule has 0 radical (unpaired) electrons. The number of nitrogens with two attached hydrogens (primary N) is 1. The second-order valence-electron chi connectivity index (χ2n) is 23.0. The van der Waals surface area contributed by atoms with E-state index in [2.05, 4.69) is 160 Å². The van der Waals surface area contributed by atoms with Crippen molar-refractivity contribution in [3.8, 4) is 0 Å². The predicted molar refractivity (Wildman–Crippen MR) is 376 cm³/mol. The molecule has 0 fully saturated rings. The Morgan fingerprint density at radius 1 is 0.356 bits per heavy atom. The van der Waals surface area contributed by atoms with Crippen molar-refractivity contribution in [2.45, 2.75) is 302 Å². The third-order valence-electron chi connectivity index (χ3n) is 14.7. The lowest BCUT2D eigenvalue weighted by Crippen LogP contribution is -2.29. The van der Waals surface area contributed by atoms with Gasteiger partial charge in [-0.1, -0.05) is 307 Å². The van der Waals surface area contributed by atoms with E-state index in [4.69, 9.17) is 24.3 Å². The number of rotatable bonds is 65. The third kappa shape index (κ3) is 70.8. The molecule has 2 unspecified atom stereocenters. The van der Waals surface area contributed by atoms with Crippen molar-refractivity contribution < 1.29 is 37.6 Å². The topological polar surface area (TPSA) is 134 Å². The van der Waals surface area contributed by atoms with Crippen LogP contribution in [0.1, 0.15) is 296 Å². The maximum atomic E-state index is 12.8. The van der Waals surface area contributed by atoms with E-state index in [1.807, 2.05) is 0 Å². The molecule has 0 bridgehead atoms. The first-order chi connectivity index (χ1) is 42.8. The molecule has 3 N–H and O–H groups in total. The van der Waals surface area contributed by atoms with Gasteiger partial charge in [0.05, 0.1) is 13.2 Å². The number of carbonyl (C=O) groups excluding carboxylic acids is 2. The van der Waals surface area contributed by atoms with Crippen molar-refractivity contribution in [1.29, 1.82) is 0 Å². The molecule has 0 spiro atoms. The Labute approximate surface area is 535 Å². The molecule has 0 saturated heterocycles. The summed E-state index contributed by atoms with van der Waals surface area (Å²) in [5.74, 6) is -0.838. The van der Waals surface area contributed by atoms with Crippen molar-refractivity contribution in [1.82, 2.24) is 0 Å². The number of esters is 2. The van der Waals surface area contributed by atoms with E-state index >= 15 is 0 Å². The summed E-state index contributed by atoms with van der Waals surface area (Å²) in [6.45, 7) is 3.62. The van der Waals surface area contributed by atoms with Crippen LogP contribution in [0.3, 0.4) is 0 Å². The normalized spacial score (nSPS) is 13.8. The number of hydrogen-bond donors (Lipinski definition) is 2. The summed E-state index contributed by atoms with van der Waals surface area (Å²) in [4.78, 5) is 35.4. The minimum atomic E-state index is -4.40. The minimum absolute atomic E-state index is 0.0460. The Kier molecular flexibility index (Phi) is 67.6. The maximum absolute atomic E-state index is 12.8. The van der Waals surface area contributed by atoms with Gasteiger partial charge in [-0.3, -0.25) is 18.6 Å². The number of carbonyl (C=O) groups is 2. The summed E-state index contributed by atoms with van der Waals surface area (Å²) in [5.41, 5.74) is 5.40. The van der Waals surface area contributed by atoms with Crippen molar-refractivity contribution >= 4 is 19.8 Å². The Morgan fingerprint density at radius 2 is 0.632 bits per heavy atom. The van der Waals surface area contributed by atoms with Crippen molar-refractivity contribution in [2.75, 3.05) is 26.4 Å². The van der Waals surface area contributed by atoms with Gasteiger partial charge in [0, 0.05) is 19.4 Å². The summed E-state index contributed by atoms with van der Waals surface area (Å²) in [6, 6.07) is 0. The van der Waals surface area contributed by atoms with Crippen molar-refractivity contribution in [3.63, 3.8) is 0 Å². The first kappa shape index (κ1) is 82.9. The number of phosphoric ester groups is 1. The van der Waals surface area contributed by atoms with Gasteiger partial charge in [0.25, 0.3) is 0 Å². The highest BCUT2D eigenvalue weighted by Crippen LogP contribution is 2.43. The first-order valence-electron chi connectivity index (χ1n) is 35.3. The molecule has 0 aromatic heterocycles. The molecule has 0 aliphatic heterocycles. The lowest BCUT2D eigenvalue weighted by Gasteiger charge is -2.19. The average molecular weight is 1230 g/mol. The molecule has 9 nitrogen and oxygen atoms in total. The zero-order chi connectivity index (χ0) is 63.0. The summed E-state index contributed by atoms with van der Waals surface area (Å²) < 4.78 is 33.2.